The molecule has 0 aliphatic carbocycles. The van der Waals surface area contributed by atoms with Crippen LogP contribution in [0.2, 0.25) is 0 Å². The van der Waals surface area contributed by atoms with E-state index in [1.165, 1.54) is 24.8 Å². The Morgan fingerprint density at radius 2 is 2.00 bits per heavy atom. The predicted molar refractivity (Wildman–Crippen MR) is 83.9 cm³/mol. The first-order valence-electron chi connectivity index (χ1n) is 7.97. The number of fused-ring (bicyclic) bond motifs is 2. The molecule has 2 saturated heterocycles. The van der Waals surface area contributed by atoms with Crippen molar-refractivity contribution in [2.75, 3.05) is 26.7 Å². The van der Waals surface area contributed by atoms with Crippen molar-refractivity contribution in [1.29, 1.82) is 0 Å². The van der Waals surface area contributed by atoms with E-state index in [1.807, 2.05) is 30.1 Å². The minimum absolute atomic E-state index is 0.219. The molecule has 2 aliphatic rings. The summed E-state index contributed by atoms with van der Waals surface area (Å²) in [7, 11) is 1.90. The molecule has 2 fully saturated rings. The molecule has 0 saturated carbocycles. The van der Waals surface area contributed by atoms with Crippen molar-refractivity contribution in [3.8, 4) is 0 Å². The van der Waals surface area contributed by atoms with Crippen molar-refractivity contribution >= 4 is 5.91 Å². The molecule has 0 aromatic heterocycles. The maximum absolute atomic E-state index is 12.4. The van der Waals surface area contributed by atoms with Gasteiger partial charge in [0.1, 0.15) is 0 Å². The number of nitrogens with zero attached hydrogens (tertiary/aromatic N) is 2. The number of likely N-dealkylation sites (tertiary alicyclic amines) is 1. The zero-order valence-corrected chi connectivity index (χ0v) is 12.8. The Bertz CT molecular complexity index is 476. The number of amides is 1. The summed E-state index contributed by atoms with van der Waals surface area (Å²) in [5.74, 6) is 0.219. The number of rotatable bonds is 4. The van der Waals surface area contributed by atoms with E-state index in [9.17, 15) is 4.79 Å². The smallest absolute Gasteiger partial charge is 0.236 e. The normalized spacial score (nSPS) is 25.6. The maximum atomic E-state index is 12.4. The van der Waals surface area contributed by atoms with E-state index in [2.05, 4.69) is 22.3 Å². The second-order valence-electron chi connectivity index (χ2n) is 6.40. The average molecular weight is 287 g/mol. The standard InChI is InChI=1S/C17H25N3O/c1-19(11-14-5-3-2-4-6-14)17(21)13-20-10-9-15-7-8-16(12-20)18-15/h2-6,15-16,18H,7-13H2,1H3. The second kappa shape index (κ2) is 6.58. The van der Waals surface area contributed by atoms with Gasteiger partial charge >= 0.3 is 0 Å². The number of hydrogen-bond donors (Lipinski definition) is 1. The number of carbonyl (C=O) groups is 1. The fraction of sp³-hybridized carbons (Fsp3) is 0.588. The van der Waals surface area contributed by atoms with Crippen LogP contribution in [0.4, 0.5) is 0 Å². The predicted octanol–water partition coefficient (Wildman–Crippen LogP) is 1.47. The average Bonchev–Trinajstić information content (AvgIpc) is 2.82. The summed E-state index contributed by atoms with van der Waals surface area (Å²) in [6.45, 7) is 3.30. The number of nitrogens with one attached hydrogen (secondary N) is 1. The summed E-state index contributed by atoms with van der Waals surface area (Å²) in [5.41, 5.74) is 1.19. The van der Waals surface area contributed by atoms with Crippen molar-refractivity contribution in [1.82, 2.24) is 15.1 Å². The van der Waals surface area contributed by atoms with Crippen LogP contribution in [0.5, 0.6) is 0 Å². The van der Waals surface area contributed by atoms with Crippen molar-refractivity contribution in [2.24, 2.45) is 0 Å². The first kappa shape index (κ1) is 14.5. The third-order valence-corrected chi connectivity index (χ3v) is 4.65. The Balaban J connectivity index is 1.51. The van der Waals surface area contributed by atoms with Crippen LogP contribution in [-0.2, 0) is 11.3 Å². The molecule has 1 N–H and O–H groups in total. The van der Waals surface area contributed by atoms with E-state index in [4.69, 9.17) is 0 Å². The molecule has 4 heteroatoms. The van der Waals surface area contributed by atoms with Crippen LogP contribution < -0.4 is 5.32 Å². The van der Waals surface area contributed by atoms with Crippen LogP contribution in [0.1, 0.15) is 24.8 Å². The van der Waals surface area contributed by atoms with Crippen molar-refractivity contribution < 1.29 is 4.79 Å². The Morgan fingerprint density at radius 1 is 1.24 bits per heavy atom. The van der Waals surface area contributed by atoms with Crippen LogP contribution in [0.25, 0.3) is 0 Å². The third-order valence-electron chi connectivity index (χ3n) is 4.65. The fourth-order valence-corrected chi connectivity index (χ4v) is 3.42. The number of carbonyl (C=O) groups excluding carboxylic acids is 1. The summed E-state index contributed by atoms with van der Waals surface area (Å²) in [6.07, 6.45) is 3.74. The second-order valence-corrected chi connectivity index (χ2v) is 6.40. The molecule has 1 aromatic carbocycles. The Morgan fingerprint density at radius 3 is 2.81 bits per heavy atom. The van der Waals surface area contributed by atoms with Crippen LogP contribution in [-0.4, -0.2) is 54.5 Å². The summed E-state index contributed by atoms with van der Waals surface area (Å²) in [6, 6.07) is 11.4. The van der Waals surface area contributed by atoms with Gasteiger partial charge in [0.2, 0.25) is 5.91 Å². The van der Waals surface area contributed by atoms with Gasteiger partial charge in [-0.3, -0.25) is 9.69 Å². The summed E-state index contributed by atoms with van der Waals surface area (Å²) in [5, 5.41) is 3.66. The highest BCUT2D eigenvalue weighted by molar-refractivity contribution is 5.78. The first-order valence-corrected chi connectivity index (χ1v) is 7.97. The molecule has 0 radical (unpaired) electrons. The Kier molecular flexibility index (Phi) is 4.56. The lowest BCUT2D eigenvalue weighted by Gasteiger charge is -2.26. The highest BCUT2D eigenvalue weighted by Crippen LogP contribution is 2.20. The molecule has 2 heterocycles. The van der Waals surface area contributed by atoms with Gasteiger partial charge in [-0.05, 0) is 24.8 Å². The summed E-state index contributed by atoms with van der Waals surface area (Å²) < 4.78 is 0. The number of hydrogen-bond acceptors (Lipinski definition) is 3. The van der Waals surface area contributed by atoms with Gasteiger partial charge in [0.15, 0.2) is 0 Å². The van der Waals surface area contributed by atoms with E-state index in [0.29, 0.717) is 25.2 Å². The van der Waals surface area contributed by atoms with Crippen LogP contribution in [0.15, 0.2) is 30.3 Å². The molecule has 21 heavy (non-hydrogen) atoms. The maximum Gasteiger partial charge on any atom is 0.236 e. The molecule has 0 spiro atoms. The Hall–Kier alpha value is -1.39. The molecular formula is C17H25N3O. The van der Waals surface area contributed by atoms with Crippen molar-refractivity contribution in [3.05, 3.63) is 35.9 Å². The molecule has 2 bridgehead atoms. The van der Waals surface area contributed by atoms with Crippen molar-refractivity contribution in [2.45, 2.75) is 37.9 Å². The van der Waals surface area contributed by atoms with Gasteiger partial charge in [-0.1, -0.05) is 30.3 Å². The zero-order valence-electron chi connectivity index (χ0n) is 12.8. The molecular weight excluding hydrogens is 262 g/mol. The molecule has 1 aromatic rings. The van der Waals surface area contributed by atoms with Gasteiger partial charge in [0.05, 0.1) is 6.54 Å². The largest absolute Gasteiger partial charge is 0.340 e. The van der Waals surface area contributed by atoms with Gasteiger partial charge in [0, 0.05) is 38.8 Å². The molecule has 3 rings (SSSR count). The fourth-order valence-electron chi connectivity index (χ4n) is 3.42. The van der Waals surface area contributed by atoms with Crippen LogP contribution in [0, 0.1) is 0 Å². The highest BCUT2D eigenvalue weighted by Gasteiger charge is 2.30. The lowest BCUT2D eigenvalue weighted by atomic mass is 10.1. The monoisotopic (exact) mass is 287 g/mol. The topological polar surface area (TPSA) is 35.6 Å². The van der Waals surface area contributed by atoms with Gasteiger partial charge in [0.25, 0.3) is 0 Å². The molecule has 4 nitrogen and oxygen atoms in total. The van der Waals surface area contributed by atoms with E-state index < -0.39 is 0 Å². The highest BCUT2D eigenvalue weighted by atomic mass is 16.2. The molecule has 114 valence electrons. The zero-order chi connectivity index (χ0) is 14.7. The van der Waals surface area contributed by atoms with Gasteiger partial charge in [-0.2, -0.15) is 0 Å². The first-order chi connectivity index (χ1) is 10.2. The molecule has 2 atom stereocenters. The minimum Gasteiger partial charge on any atom is -0.340 e. The summed E-state index contributed by atoms with van der Waals surface area (Å²) in [4.78, 5) is 16.6. The number of likely N-dealkylation sites (N-methyl/N-ethyl adjacent to an activating group) is 1. The van der Waals surface area contributed by atoms with E-state index in [-0.39, 0.29) is 5.91 Å². The number of benzene rings is 1. The van der Waals surface area contributed by atoms with Crippen LogP contribution >= 0.6 is 0 Å². The minimum atomic E-state index is 0.219. The lowest BCUT2D eigenvalue weighted by molar-refractivity contribution is -0.131. The lowest BCUT2D eigenvalue weighted by Crippen LogP contribution is -2.42. The van der Waals surface area contributed by atoms with Crippen molar-refractivity contribution in [3.63, 3.8) is 0 Å². The third kappa shape index (κ3) is 3.83. The molecule has 1 amide bonds. The summed E-state index contributed by atoms with van der Waals surface area (Å²) >= 11 is 0. The molecule has 2 unspecified atom stereocenters. The van der Waals surface area contributed by atoms with Gasteiger partial charge in [-0.15, -0.1) is 0 Å². The SMILES string of the molecule is CN(Cc1ccccc1)C(=O)CN1CCC2CCC(C1)N2. The molecule has 2 aliphatic heterocycles. The van der Waals surface area contributed by atoms with E-state index in [0.717, 1.165) is 13.1 Å². The van der Waals surface area contributed by atoms with Crippen LogP contribution in [0.3, 0.4) is 0 Å². The van der Waals surface area contributed by atoms with E-state index >= 15 is 0 Å². The Labute approximate surface area is 127 Å². The van der Waals surface area contributed by atoms with Gasteiger partial charge in [-0.25, -0.2) is 0 Å². The quantitative estimate of drug-likeness (QED) is 0.911. The van der Waals surface area contributed by atoms with E-state index in [1.54, 1.807) is 0 Å². The van der Waals surface area contributed by atoms with Gasteiger partial charge < -0.3 is 10.2 Å².